The Kier molecular flexibility index (Phi) is 12.8. The number of phenols is 1. The van der Waals surface area contributed by atoms with Crippen molar-refractivity contribution in [1.82, 2.24) is 9.80 Å². The van der Waals surface area contributed by atoms with Gasteiger partial charge >= 0.3 is 12.1 Å². The summed E-state index contributed by atoms with van der Waals surface area (Å²) in [6.45, 7) is 0.435. The number of morpholine rings is 1. The number of anilines is 1. The molecule has 4 heterocycles. The Hall–Kier alpha value is -8.28. The van der Waals surface area contributed by atoms with Crippen LogP contribution in [0.15, 0.2) is 152 Å². The summed E-state index contributed by atoms with van der Waals surface area (Å²) in [6, 6.07) is 39.8. The van der Waals surface area contributed by atoms with Gasteiger partial charge in [-0.1, -0.05) is 104 Å². The molecule has 14 nitrogen and oxygen atoms in total. The maximum atomic E-state index is 16.6. The highest BCUT2D eigenvalue weighted by atomic mass is 16.6. The standard InChI is InChI=1S/C57H50N4O10/c1-69-45-30-21-37(22-31-45)17-18-38-23-32-47-46(35-38)57(55(65)59(47)56(66)70-36-39-19-26-43(27-20-39)61(67)68)48(53(63)58-33-11-3-2-4-12-34-58)50-54(64)71-51(41-15-9-6-10-16-41)49(40-13-7-5-8-14-40)60(50)52(57)42-24-28-44(62)29-25-42/h5-10,13-16,19-32,35,48-52,62H,2-4,11-12,33-34,36H2,1H3/t48-,49-,50-,51+,52+,57-/m1/s1. The molecule has 4 aliphatic heterocycles. The van der Waals surface area contributed by atoms with E-state index >= 15 is 14.4 Å². The molecule has 6 aromatic rings. The molecule has 1 N–H and O–H groups in total. The van der Waals surface area contributed by atoms with Crippen LogP contribution in [-0.4, -0.2) is 69.9 Å². The van der Waals surface area contributed by atoms with Crippen molar-refractivity contribution >= 4 is 35.3 Å². The third-order valence-electron chi connectivity index (χ3n) is 14.2. The minimum Gasteiger partial charge on any atom is -0.508 e. The first kappa shape index (κ1) is 46.4. The number of amides is 3. The van der Waals surface area contributed by atoms with E-state index in [1.165, 1.54) is 36.4 Å². The number of nitrogens with zero attached hydrogens (tertiary/aromatic N) is 4. The molecule has 0 saturated carbocycles. The third-order valence-corrected chi connectivity index (χ3v) is 14.2. The number of methoxy groups -OCH3 is 1. The molecule has 71 heavy (non-hydrogen) atoms. The van der Waals surface area contributed by atoms with Gasteiger partial charge in [0.2, 0.25) is 11.8 Å². The molecule has 10 rings (SSSR count). The first-order chi connectivity index (χ1) is 34.6. The number of aromatic hydroxyl groups is 1. The average Bonchev–Trinajstić information content (AvgIpc) is 3.84. The number of likely N-dealkylation sites (tertiary alicyclic amines) is 1. The summed E-state index contributed by atoms with van der Waals surface area (Å²) in [5.41, 5.74) is 1.74. The number of cyclic esters (lactones) is 1. The lowest BCUT2D eigenvalue weighted by Crippen LogP contribution is -2.56. The van der Waals surface area contributed by atoms with Gasteiger partial charge in [0.25, 0.3) is 5.69 Å². The monoisotopic (exact) mass is 950 g/mol. The lowest BCUT2D eigenvalue weighted by Gasteiger charge is -2.46. The third kappa shape index (κ3) is 8.52. The van der Waals surface area contributed by atoms with Gasteiger partial charge in [-0.25, -0.2) is 9.69 Å². The Morgan fingerprint density at radius 2 is 1.37 bits per heavy atom. The number of nitro groups is 1. The van der Waals surface area contributed by atoms with Crippen LogP contribution in [0, 0.1) is 27.9 Å². The number of hydrogen-bond acceptors (Lipinski definition) is 11. The lowest BCUT2D eigenvalue weighted by atomic mass is 9.64. The molecule has 0 unspecified atom stereocenters. The van der Waals surface area contributed by atoms with Crippen LogP contribution >= 0.6 is 0 Å². The summed E-state index contributed by atoms with van der Waals surface area (Å²) in [5.74, 6) is 3.67. The van der Waals surface area contributed by atoms with Gasteiger partial charge < -0.3 is 24.2 Å². The fourth-order valence-electron chi connectivity index (χ4n) is 11.0. The molecule has 3 amide bonds. The summed E-state index contributed by atoms with van der Waals surface area (Å²) >= 11 is 0. The number of imide groups is 1. The van der Waals surface area contributed by atoms with Crippen molar-refractivity contribution in [3.63, 3.8) is 0 Å². The summed E-state index contributed by atoms with van der Waals surface area (Å²) in [7, 11) is 1.58. The molecule has 0 aliphatic carbocycles. The summed E-state index contributed by atoms with van der Waals surface area (Å²) in [4.78, 5) is 78.8. The van der Waals surface area contributed by atoms with Crippen molar-refractivity contribution in [1.29, 1.82) is 0 Å². The highest BCUT2D eigenvalue weighted by Gasteiger charge is 2.76. The van der Waals surface area contributed by atoms with Gasteiger partial charge in [-0.05, 0) is 107 Å². The Morgan fingerprint density at radius 3 is 2.01 bits per heavy atom. The molecule has 4 aliphatic rings. The molecular weight excluding hydrogens is 901 g/mol. The molecule has 0 bridgehead atoms. The number of non-ortho nitro benzene ring substituents is 1. The first-order valence-electron chi connectivity index (χ1n) is 23.8. The number of esters is 1. The molecule has 14 heteroatoms. The van der Waals surface area contributed by atoms with Crippen LogP contribution in [0.5, 0.6) is 11.5 Å². The van der Waals surface area contributed by atoms with Crippen molar-refractivity contribution < 1.29 is 43.4 Å². The van der Waals surface area contributed by atoms with Crippen LogP contribution in [0.3, 0.4) is 0 Å². The lowest BCUT2D eigenvalue weighted by molar-refractivity contribution is -0.384. The minimum atomic E-state index is -2.04. The molecule has 6 atom stereocenters. The highest BCUT2D eigenvalue weighted by Crippen LogP contribution is 2.66. The average molecular weight is 951 g/mol. The maximum absolute atomic E-state index is 16.6. The number of hydrogen-bond donors (Lipinski definition) is 1. The number of rotatable bonds is 8. The van der Waals surface area contributed by atoms with Crippen LogP contribution in [0.4, 0.5) is 16.2 Å². The molecule has 0 aromatic heterocycles. The van der Waals surface area contributed by atoms with E-state index in [-0.39, 0.29) is 29.3 Å². The Balaban J connectivity index is 1.23. The van der Waals surface area contributed by atoms with E-state index in [0.29, 0.717) is 59.5 Å². The van der Waals surface area contributed by atoms with Crippen LogP contribution in [0.1, 0.15) is 89.2 Å². The van der Waals surface area contributed by atoms with Gasteiger partial charge in [0, 0.05) is 36.3 Å². The number of ether oxygens (including phenoxy) is 3. The normalized spacial score (nSPS) is 22.8. The Morgan fingerprint density at radius 1 is 0.746 bits per heavy atom. The van der Waals surface area contributed by atoms with Crippen LogP contribution in [-0.2, 0) is 35.9 Å². The molecule has 6 aromatic carbocycles. The number of carbonyl (C=O) groups is 4. The Labute approximate surface area is 410 Å². The van der Waals surface area contributed by atoms with E-state index in [2.05, 4.69) is 11.8 Å². The van der Waals surface area contributed by atoms with Crippen molar-refractivity contribution in [3.8, 4) is 23.3 Å². The number of phenolic OH excluding ortho intramolecular Hbond substituents is 1. The fraction of sp³-hybridized carbons (Fsp3) is 0.263. The van der Waals surface area contributed by atoms with Gasteiger partial charge in [0.05, 0.1) is 35.7 Å². The second kappa shape index (κ2) is 19.6. The van der Waals surface area contributed by atoms with E-state index in [1.807, 2.05) is 77.7 Å². The van der Waals surface area contributed by atoms with Crippen LogP contribution in [0.25, 0.3) is 0 Å². The quantitative estimate of drug-likeness (QED) is 0.0668. The second-order valence-electron chi connectivity index (χ2n) is 18.3. The second-order valence-corrected chi connectivity index (χ2v) is 18.3. The fourth-order valence-corrected chi connectivity index (χ4v) is 11.0. The predicted octanol–water partition coefficient (Wildman–Crippen LogP) is 9.50. The van der Waals surface area contributed by atoms with Crippen LogP contribution in [0.2, 0.25) is 0 Å². The maximum Gasteiger partial charge on any atom is 0.421 e. The zero-order valence-corrected chi connectivity index (χ0v) is 38.9. The summed E-state index contributed by atoms with van der Waals surface area (Å²) in [6.07, 6.45) is 2.26. The largest absolute Gasteiger partial charge is 0.508 e. The SMILES string of the molecule is COc1ccc(C#Cc2ccc3c(c2)[C@]2(C(=O)N3C(=O)OCc3ccc([N+](=O)[O-])cc3)[C@H](c3ccc(O)cc3)N3[C@H](c4ccccc4)[C@H](c4ccccc4)OC(=O)[C@H]3[C@@H]2C(=O)N2CCCCCCC2)cc1. The predicted molar refractivity (Wildman–Crippen MR) is 262 cm³/mol. The van der Waals surface area contributed by atoms with Gasteiger partial charge in [-0.15, -0.1) is 0 Å². The zero-order valence-electron chi connectivity index (χ0n) is 38.9. The van der Waals surface area contributed by atoms with Gasteiger partial charge in [0.1, 0.15) is 35.7 Å². The van der Waals surface area contributed by atoms with E-state index < -0.39 is 64.4 Å². The zero-order chi connectivity index (χ0) is 49.2. The molecule has 1 spiro atoms. The molecule has 3 saturated heterocycles. The van der Waals surface area contributed by atoms with Gasteiger partial charge in [-0.3, -0.25) is 29.4 Å². The van der Waals surface area contributed by atoms with E-state index in [0.717, 1.165) is 29.7 Å². The summed E-state index contributed by atoms with van der Waals surface area (Å²) < 4.78 is 17.9. The van der Waals surface area contributed by atoms with Crippen molar-refractivity contribution in [2.45, 2.75) is 68.4 Å². The number of benzene rings is 6. The topological polar surface area (TPSA) is 169 Å². The van der Waals surface area contributed by atoms with E-state index in [4.69, 9.17) is 14.2 Å². The minimum absolute atomic E-state index is 0.0453. The van der Waals surface area contributed by atoms with Crippen molar-refractivity contribution in [2.75, 3.05) is 25.1 Å². The van der Waals surface area contributed by atoms with Gasteiger partial charge in [0.15, 0.2) is 0 Å². The smallest absolute Gasteiger partial charge is 0.421 e. The number of nitro benzene ring substituents is 1. The first-order valence-corrected chi connectivity index (χ1v) is 23.8. The molecule has 0 radical (unpaired) electrons. The van der Waals surface area contributed by atoms with Crippen LogP contribution < -0.4 is 9.64 Å². The molecular formula is C57H50N4O10. The van der Waals surface area contributed by atoms with E-state index in [1.54, 1.807) is 54.5 Å². The Bertz CT molecular complexity index is 3040. The number of fused-ring (bicyclic) bond motifs is 3. The van der Waals surface area contributed by atoms with Crippen molar-refractivity contribution in [2.24, 2.45) is 5.92 Å². The van der Waals surface area contributed by atoms with Gasteiger partial charge in [-0.2, -0.15) is 0 Å². The highest BCUT2D eigenvalue weighted by molar-refractivity contribution is 6.23. The molecule has 3 fully saturated rings. The molecule has 358 valence electrons. The van der Waals surface area contributed by atoms with Crippen molar-refractivity contribution in [3.05, 3.63) is 201 Å². The number of carbonyl (C=O) groups excluding carboxylic acids is 4. The summed E-state index contributed by atoms with van der Waals surface area (Å²) in [5, 5.41) is 22.2. The van der Waals surface area contributed by atoms with E-state index in [9.17, 15) is 20.0 Å².